The number of ketones is 1. The van der Waals surface area contributed by atoms with Gasteiger partial charge >= 0.3 is 0 Å². The lowest BCUT2D eigenvalue weighted by molar-refractivity contribution is -0.720. The van der Waals surface area contributed by atoms with E-state index in [1.807, 2.05) is 53.2 Å². The van der Waals surface area contributed by atoms with Crippen LogP contribution in [0.4, 0.5) is 0 Å². The minimum absolute atomic E-state index is 0. The second-order valence-corrected chi connectivity index (χ2v) is 5.46. The highest BCUT2D eigenvalue weighted by molar-refractivity contribution is 7.99. The van der Waals surface area contributed by atoms with Gasteiger partial charge in [0.2, 0.25) is 11.6 Å². The molecule has 0 saturated heterocycles. The predicted molar refractivity (Wildman–Crippen MR) is 72.9 cm³/mol. The Balaban J connectivity index is 0.00000180. The summed E-state index contributed by atoms with van der Waals surface area (Å²) >= 11 is 7.47. The lowest BCUT2D eigenvalue weighted by atomic mass is 10.4. The predicted octanol–water partition coefficient (Wildman–Crippen LogP) is 0.372. The van der Waals surface area contributed by atoms with Gasteiger partial charge in [-0.25, -0.2) is 0 Å². The van der Waals surface area contributed by atoms with E-state index in [9.17, 15) is 4.79 Å². The number of hydrogen-bond acceptors (Lipinski definition) is 2. The molecule has 19 heavy (non-hydrogen) atoms. The van der Waals surface area contributed by atoms with Gasteiger partial charge in [-0.2, -0.15) is 4.57 Å². The smallest absolute Gasteiger partial charge is 0.245 e. The molecule has 0 fully saturated rings. The first-order valence-electron chi connectivity index (χ1n) is 5.56. The highest BCUT2D eigenvalue weighted by Crippen LogP contribution is 2.25. The molecule has 0 aliphatic carbocycles. The van der Waals surface area contributed by atoms with E-state index >= 15 is 0 Å². The second-order valence-electron chi connectivity index (χ2n) is 3.92. The summed E-state index contributed by atoms with van der Waals surface area (Å²) in [6, 6.07) is 13.6. The number of Topliss-reactive ketones (excluding diaryl/α,β-unsaturated/α-hetero) is 1. The van der Waals surface area contributed by atoms with Crippen molar-refractivity contribution in [1.82, 2.24) is 0 Å². The molecule has 5 heteroatoms. The van der Waals surface area contributed by atoms with Crippen molar-refractivity contribution in [3.63, 3.8) is 0 Å². The number of aromatic nitrogens is 1. The number of nitrogens with zero attached hydrogens (tertiary/aromatic N) is 1. The zero-order valence-electron chi connectivity index (χ0n) is 10.3. The summed E-state index contributed by atoms with van der Waals surface area (Å²) in [5.41, 5.74) is 0. The molecule has 0 atom stereocenters. The normalized spacial score (nSPS) is 9.79. The summed E-state index contributed by atoms with van der Waals surface area (Å²) in [5, 5.41) is 1.76. The fourth-order valence-electron chi connectivity index (χ4n) is 1.55. The molecular weight excluding hydrogens is 393 g/mol. The Morgan fingerprint density at radius 1 is 1.21 bits per heavy atom. The molecule has 0 spiro atoms. The van der Waals surface area contributed by atoms with Crippen LogP contribution in [0.1, 0.15) is 6.92 Å². The Morgan fingerprint density at radius 2 is 1.89 bits per heavy atom. The van der Waals surface area contributed by atoms with Crippen molar-refractivity contribution in [2.75, 3.05) is 0 Å². The molecule has 1 heterocycles. The van der Waals surface area contributed by atoms with Gasteiger partial charge in [-0.05, 0) is 42.1 Å². The molecule has 0 aliphatic heterocycles. The zero-order chi connectivity index (χ0) is 13.0. The summed E-state index contributed by atoms with van der Waals surface area (Å²) in [5.74, 6) is 0.143. The summed E-state index contributed by atoms with van der Waals surface area (Å²) in [6.45, 7) is 1.99. The Hall–Kier alpha value is -0.590. The van der Waals surface area contributed by atoms with Gasteiger partial charge in [0, 0.05) is 29.0 Å². The first kappa shape index (κ1) is 16.5. The average molecular weight is 406 g/mol. The van der Waals surface area contributed by atoms with Crippen LogP contribution >= 0.6 is 23.4 Å². The molecule has 2 rings (SSSR count). The topological polar surface area (TPSA) is 20.9 Å². The summed E-state index contributed by atoms with van der Waals surface area (Å²) in [6.07, 6.45) is 1.92. The van der Waals surface area contributed by atoms with Gasteiger partial charge in [-0.1, -0.05) is 11.6 Å². The van der Waals surface area contributed by atoms with Gasteiger partial charge in [0.15, 0.2) is 12.0 Å². The van der Waals surface area contributed by atoms with Gasteiger partial charge in [-0.3, -0.25) is 4.79 Å². The van der Waals surface area contributed by atoms with Crippen LogP contribution in [-0.4, -0.2) is 5.78 Å². The highest BCUT2D eigenvalue weighted by atomic mass is 127. The summed E-state index contributed by atoms with van der Waals surface area (Å²) < 4.78 is 1.95. The number of rotatable bonds is 4. The maximum atomic E-state index is 11.2. The molecule has 0 amide bonds. The van der Waals surface area contributed by atoms with E-state index in [1.165, 1.54) is 0 Å². The van der Waals surface area contributed by atoms with Crippen molar-refractivity contribution < 1.29 is 33.3 Å². The number of pyridine rings is 1. The molecule has 0 unspecified atom stereocenters. The van der Waals surface area contributed by atoms with E-state index in [4.69, 9.17) is 11.6 Å². The van der Waals surface area contributed by atoms with Crippen molar-refractivity contribution in [3.05, 3.63) is 53.7 Å². The SMILES string of the molecule is CC(=O)C[n+]1ccccc1Sc1ccc(Cl)cc1.[I-]. The molecule has 2 nitrogen and oxygen atoms in total. The van der Waals surface area contributed by atoms with Crippen LogP contribution < -0.4 is 28.5 Å². The average Bonchev–Trinajstić information content (AvgIpc) is 2.34. The van der Waals surface area contributed by atoms with Gasteiger partial charge in [-0.15, -0.1) is 0 Å². The van der Waals surface area contributed by atoms with Crippen LogP contribution in [0, 0.1) is 0 Å². The standard InChI is InChI=1S/C14H13ClNOS.HI/c1-11(17)10-16-9-3-2-4-14(16)18-13-7-5-12(15)6-8-13;/h2-9H,10H2,1H3;1H/q+1;/p-1. The third kappa shape index (κ3) is 5.12. The molecular formula is C14H13ClINOS. The van der Waals surface area contributed by atoms with E-state index in [2.05, 4.69) is 0 Å². The number of benzene rings is 1. The molecule has 0 aliphatic rings. The molecule has 0 saturated carbocycles. The van der Waals surface area contributed by atoms with Gasteiger partial charge in [0.05, 0.1) is 0 Å². The largest absolute Gasteiger partial charge is 1.00 e. The van der Waals surface area contributed by atoms with Crippen LogP contribution in [0.3, 0.4) is 0 Å². The molecule has 1 aromatic carbocycles. The third-order valence-corrected chi connectivity index (χ3v) is 3.67. The molecule has 0 N–H and O–H groups in total. The maximum absolute atomic E-state index is 11.2. The van der Waals surface area contributed by atoms with Crippen LogP contribution in [0.25, 0.3) is 0 Å². The summed E-state index contributed by atoms with van der Waals surface area (Å²) in [7, 11) is 0. The molecule has 100 valence electrons. The molecule has 1 aromatic heterocycles. The Labute approximate surface area is 139 Å². The van der Waals surface area contributed by atoms with Crippen molar-refractivity contribution >= 4 is 29.1 Å². The molecule has 0 bridgehead atoms. The Bertz CT molecular complexity index is 560. The first-order chi connectivity index (χ1) is 8.65. The fourth-order valence-corrected chi connectivity index (χ4v) is 2.58. The number of halogens is 2. The van der Waals surface area contributed by atoms with E-state index in [1.54, 1.807) is 18.7 Å². The summed E-state index contributed by atoms with van der Waals surface area (Å²) in [4.78, 5) is 12.3. The van der Waals surface area contributed by atoms with Crippen LogP contribution in [0.2, 0.25) is 5.02 Å². The monoisotopic (exact) mass is 405 g/mol. The van der Waals surface area contributed by atoms with Gasteiger partial charge < -0.3 is 24.0 Å². The Kier molecular flexibility index (Phi) is 6.82. The highest BCUT2D eigenvalue weighted by Gasteiger charge is 2.12. The fraction of sp³-hybridized carbons (Fsp3) is 0.143. The minimum Gasteiger partial charge on any atom is -1.00 e. The van der Waals surface area contributed by atoms with Crippen LogP contribution in [-0.2, 0) is 11.3 Å². The van der Waals surface area contributed by atoms with E-state index in [-0.39, 0.29) is 29.8 Å². The molecule has 2 aromatic rings. The van der Waals surface area contributed by atoms with Crippen molar-refractivity contribution in [1.29, 1.82) is 0 Å². The number of carbonyl (C=O) groups is 1. The number of carbonyl (C=O) groups excluding carboxylic acids is 1. The van der Waals surface area contributed by atoms with Gasteiger partial charge in [0.25, 0.3) is 0 Å². The van der Waals surface area contributed by atoms with Gasteiger partial charge in [0.1, 0.15) is 0 Å². The quantitative estimate of drug-likeness (QED) is 0.541. The van der Waals surface area contributed by atoms with E-state index < -0.39 is 0 Å². The van der Waals surface area contributed by atoms with Crippen LogP contribution in [0.5, 0.6) is 0 Å². The lowest BCUT2D eigenvalue weighted by Crippen LogP contribution is -3.00. The van der Waals surface area contributed by atoms with Crippen molar-refractivity contribution in [2.24, 2.45) is 0 Å². The minimum atomic E-state index is 0. The van der Waals surface area contributed by atoms with Crippen LogP contribution in [0.15, 0.2) is 58.6 Å². The van der Waals surface area contributed by atoms with Crippen molar-refractivity contribution in [2.45, 2.75) is 23.4 Å². The maximum Gasteiger partial charge on any atom is 0.245 e. The number of hydrogen-bond donors (Lipinski definition) is 0. The van der Waals surface area contributed by atoms with E-state index in [0.29, 0.717) is 6.54 Å². The van der Waals surface area contributed by atoms with E-state index in [0.717, 1.165) is 14.9 Å². The first-order valence-corrected chi connectivity index (χ1v) is 6.76. The molecule has 0 radical (unpaired) electrons. The lowest BCUT2D eigenvalue weighted by Gasteiger charge is -2.02. The van der Waals surface area contributed by atoms with Crippen molar-refractivity contribution in [3.8, 4) is 0 Å². The zero-order valence-corrected chi connectivity index (χ0v) is 14.1. The third-order valence-electron chi connectivity index (χ3n) is 2.33. The Morgan fingerprint density at radius 3 is 2.53 bits per heavy atom. The second kappa shape index (κ2) is 7.87.